The van der Waals surface area contributed by atoms with Crippen LogP contribution < -0.4 is 0 Å². The summed E-state index contributed by atoms with van der Waals surface area (Å²) in [6.45, 7) is 0. The molecule has 0 unspecified atom stereocenters. The standard InChI is InChI=1S/C16H10ClF2NO/c1-20-8-12(10-6-5-9(17)7-14(10)20)16(21)11-3-2-4-13(18)15(11)19/h2-8H,1H3. The summed E-state index contributed by atoms with van der Waals surface area (Å²) < 4.78 is 28.8. The molecule has 2 nitrogen and oxygen atoms in total. The summed E-state index contributed by atoms with van der Waals surface area (Å²) in [4.78, 5) is 12.5. The summed E-state index contributed by atoms with van der Waals surface area (Å²) in [7, 11) is 1.76. The molecule has 21 heavy (non-hydrogen) atoms. The molecule has 5 heteroatoms. The van der Waals surface area contributed by atoms with E-state index in [0.717, 1.165) is 11.6 Å². The van der Waals surface area contributed by atoms with Crippen LogP contribution in [0.1, 0.15) is 15.9 Å². The largest absolute Gasteiger partial charge is 0.350 e. The van der Waals surface area contributed by atoms with Crippen molar-refractivity contribution in [3.8, 4) is 0 Å². The number of fused-ring (bicyclic) bond motifs is 1. The van der Waals surface area contributed by atoms with Crippen LogP contribution >= 0.6 is 11.6 Å². The van der Waals surface area contributed by atoms with Crippen LogP contribution in [0, 0.1) is 11.6 Å². The van der Waals surface area contributed by atoms with E-state index in [1.807, 2.05) is 0 Å². The lowest BCUT2D eigenvalue weighted by Gasteiger charge is -2.02. The molecule has 0 aliphatic carbocycles. The molecule has 0 fully saturated rings. The third-order valence-corrected chi connectivity index (χ3v) is 3.63. The van der Waals surface area contributed by atoms with Crippen molar-refractivity contribution in [2.75, 3.05) is 0 Å². The summed E-state index contributed by atoms with van der Waals surface area (Å²) in [5, 5.41) is 1.19. The van der Waals surface area contributed by atoms with Crippen molar-refractivity contribution in [2.24, 2.45) is 7.05 Å². The first-order valence-corrected chi connectivity index (χ1v) is 6.60. The Labute approximate surface area is 124 Å². The molecular weight excluding hydrogens is 296 g/mol. The summed E-state index contributed by atoms with van der Waals surface area (Å²) in [5.41, 5.74) is 0.786. The minimum Gasteiger partial charge on any atom is -0.350 e. The van der Waals surface area contributed by atoms with Crippen LogP contribution in [0.5, 0.6) is 0 Å². The SMILES string of the molecule is Cn1cc(C(=O)c2cccc(F)c2F)c2ccc(Cl)cc21. The van der Waals surface area contributed by atoms with E-state index in [1.165, 1.54) is 12.1 Å². The van der Waals surface area contributed by atoms with Crippen molar-refractivity contribution in [3.63, 3.8) is 0 Å². The number of rotatable bonds is 2. The Morgan fingerprint density at radius 1 is 1.14 bits per heavy atom. The topological polar surface area (TPSA) is 22.0 Å². The van der Waals surface area contributed by atoms with Gasteiger partial charge in [-0.2, -0.15) is 0 Å². The average molecular weight is 306 g/mol. The molecule has 0 atom stereocenters. The van der Waals surface area contributed by atoms with Gasteiger partial charge in [0.1, 0.15) is 0 Å². The fraction of sp³-hybridized carbons (Fsp3) is 0.0625. The van der Waals surface area contributed by atoms with Crippen LogP contribution in [0.25, 0.3) is 10.9 Å². The quantitative estimate of drug-likeness (QED) is 0.646. The lowest BCUT2D eigenvalue weighted by atomic mass is 10.0. The molecule has 3 rings (SSSR count). The number of aromatic nitrogens is 1. The van der Waals surface area contributed by atoms with Gasteiger partial charge in [-0.15, -0.1) is 0 Å². The summed E-state index contributed by atoms with van der Waals surface area (Å²) in [6.07, 6.45) is 1.59. The minimum absolute atomic E-state index is 0.280. The van der Waals surface area contributed by atoms with Crippen LogP contribution in [-0.2, 0) is 7.05 Å². The van der Waals surface area contributed by atoms with Gasteiger partial charge in [0, 0.05) is 34.7 Å². The van der Waals surface area contributed by atoms with E-state index in [2.05, 4.69) is 0 Å². The number of hydrogen-bond donors (Lipinski definition) is 0. The number of halogens is 3. The monoisotopic (exact) mass is 305 g/mol. The van der Waals surface area contributed by atoms with Crippen LogP contribution in [0.3, 0.4) is 0 Å². The van der Waals surface area contributed by atoms with E-state index in [-0.39, 0.29) is 5.56 Å². The third-order valence-electron chi connectivity index (χ3n) is 3.39. The predicted molar refractivity (Wildman–Crippen MR) is 77.7 cm³/mol. The molecule has 0 radical (unpaired) electrons. The van der Waals surface area contributed by atoms with Crippen LogP contribution in [0.2, 0.25) is 5.02 Å². The van der Waals surface area contributed by atoms with E-state index >= 15 is 0 Å². The number of benzene rings is 2. The van der Waals surface area contributed by atoms with Gasteiger partial charge < -0.3 is 4.57 Å². The molecule has 0 spiro atoms. The molecular formula is C16H10ClF2NO. The molecule has 0 bridgehead atoms. The Hall–Kier alpha value is -2.20. The van der Waals surface area contributed by atoms with Gasteiger partial charge in [0.2, 0.25) is 0 Å². The van der Waals surface area contributed by atoms with Gasteiger partial charge in [-0.3, -0.25) is 4.79 Å². The highest BCUT2D eigenvalue weighted by atomic mass is 35.5. The number of carbonyl (C=O) groups is 1. The highest BCUT2D eigenvalue weighted by Gasteiger charge is 2.20. The minimum atomic E-state index is -1.13. The van der Waals surface area contributed by atoms with E-state index in [4.69, 9.17) is 11.6 Å². The van der Waals surface area contributed by atoms with E-state index < -0.39 is 17.4 Å². The molecule has 106 valence electrons. The van der Waals surface area contributed by atoms with Gasteiger partial charge in [-0.05, 0) is 24.3 Å². The highest BCUT2D eigenvalue weighted by Crippen LogP contribution is 2.27. The van der Waals surface area contributed by atoms with Crippen molar-refractivity contribution in [1.29, 1.82) is 0 Å². The highest BCUT2D eigenvalue weighted by molar-refractivity contribution is 6.31. The lowest BCUT2D eigenvalue weighted by Crippen LogP contribution is -2.05. The van der Waals surface area contributed by atoms with Crippen molar-refractivity contribution < 1.29 is 13.6 Å². The fourth-order valence-corrected chi connectivity index (χ4v) is 2.53. The summed E-state index contributed by atoms with van der Waals surface area (Å²) in [5.74, 6) is -2.72. The maximum absolute atomic E-state index is 13.8. The zero-order valence-corrected chi connectivity index (χ0v) is 11.8. The summed E-state index contributed by atoms with van der Waals surface area (Å²) in [6, 6.07) is 8.64. The second-order valence-electron chi connectivity index (χ2n) is 4.75. The van der Waals surface area contributed by atoms with E-state index in [1.54, 1.807) is 36.0 Å². The van der Waals surface area contributed by atoms with Crippen LogP contribution in [0.4, 0.5) is 8.78 Å². The molecule has 0 aliphatic rings. The second kappa shape index (κ2) is 4.97. The second-order valence-corrected chi connectivity index (χ2v) is 5.18. The number of nitrogens with zero attached hydrogens (tertiary/aromatic N) is 1. The Morgan fingerprint density at radius 2 is 1.90 bits per heavy atom. The van der Waals surface area contributed by atoms with Crippen molar-refractivity contribution >= 4 is 28.3 Å². The molecule has 1 heterocycles. The van der Waals surface area contributed by atoms with Crippen molar-refractivity contribution in [1.82, 2.24) is 4.57 Å². The maximum atomic E-state index is 13.8. The molecule has 1 aromatic heterocycles. The lowest BCUT2D eigenvalue weighted by molar-refractivity contribution is 0.103. The summed E-state index contributed by atoms with van der Waals surface area (Å²) >= 11 is 5.93. The Morgan fingerprint density at radius 3 is 2.67 bits per heavy atom. The molecule has 2 aromatic carbocycles. The normalized spacial score (nSPS) is 11.0. The molecule has 3 aromatic rings. The van der Waals surface area contributed by atoms with Gasteiger partial charge in [0.25, 0.3) is 0 Å². The Bertz CT molecular complexity index is 870. The third kappa shape index (κ3) is 2.21. The Balaban J connectivity index is 2.21. The van der Waals surface area contributed by atoms with Gasteiger partial charge in [0.05, 0.1) is 5.56 Å². The first-order chi connectivity index (χ1) is 9.99. The number of carbonyl (C=O) groups excluding carboxylic acids is 1. The number of hydrogen-bond acceptors (Lipinski definition) is 1. The van der Waals surface area contributed by atoms with Crippen LogP contribution in [-0.4, -0.2) is 10.4 Å². The molecule has 0 N–H and O–H groups in total. The average Bonchev–Trinajstić information content (AvgIpc) is 2.78. The fourth-order valence-electron chi connectivity index (χ4n) is 2.36. The molecule has 0 saturated carbocycles. The van der Waals surface area contributed by atoms with E-state index in [9.17, 15) is 13.6 Å². The van der Waals surface area contributed by atoms with Crippen LogP contribution in [0.15, 0.2) is 42.6 Å². The van der Waals surface area contributed by atoms with Crippen molar-refractivity contribution in [2.45, 2.75) is 0 Å². The number of ketones is 1. The smallest absolute Gasteiger partial charge is 0.198 e. The van der Waals surface area contributed by atoms with Gasteiger partial charge in [-0.1, -0.05) is 23.7 Å². The zero-order valence-electron chi connectivity index (χ0n) is 11.0. The maximum Gasteiger partial charge on any atom is 0.198 e. The number of aryl methyl sites for hydroxylation is 1. The van der Waals surface area contributed by atoms with Gasteiger partial charge >= 0.3 is 0 Å². The molecule has 0 saturated heterocycles. The predicted octanol–water partition coefficient (Wildman–Crippen LogP) is 4.34. The zero-order chi connectivity index (χ0) is 15.1. The molecule has 0 aliphatic heterocycles. The first kappa shape index (κ1) is 13.8. The van der Waals surface area contributed by atoms with Gasteiger partial charge in [-0.25, -0.2) is 8.78 Å². The van der Waals surface area contributed by atoms with Gasteiger partial charge in [0.15, 0.2) is 17.4 Å². The molecule has 0 amide bonds. The Kier molecular flexibility index (Phi) is 3.26. The van der Waals surface area contributed by atoms with E-state index in [0.29, 0.717) is 16.0 Å². The van der Waals surface area contributed by atoms with Crippen molar-refractivity contribution in [3.05, 3.63) is 70.4 Å². The first-order valence-electron chi connectivity index (χ1n) is 6.22.